The summed E-state index contributed by atoms with van der Waals surface area (Å²) in [4.78, 5) is 12.1. The molecule has 1 aromatic carbocycles. The molecule has 1 aliphatic rings. The second-order valence-electron chi connectivity index (χ2n) is 5.05. The van der Waals surface area contributed by atoms with Crippen molar-refractivity contribution in [2.24, 2.45) is 5.92 Å². The number of carbonyl (C=O) groups excluding carboxylic acids is 1. The van der Waals surface area contributed by atoms with E-state index < -0.39 is 9.84 Å². The van der Waals surface area contributed by atoms with Gasteiger partial charge in [0, 0.05) is 23.5 Å². The summed E-state index contributed by atoms with van der Waals surface area (Å²) in [5.41, 5.74) is 6.22. The largest absolute Gasteiger partial charge is 0.399 e. The van der Waals surface area contributed by atoms with Crippen LogP contribution in [0.25, 0.3) is 0 Å². The van der Waals surface area contributed by atoms with Gasteiger partial charge in [-0.15, -0.1) is 0 Å². The lowest BCUT2D eigenvalue weighted by atomic mass is 10.2. The summed E-state index contributed by atoms with van der Waals surface area (Å²) in [6.45, 7) is 2.08. The van der Waals surface area contributed by atoms with E-state index in [0.717, 1.165) is 19.1 Å². The van der Waals surface area contributed by atoms with Crippen LogP contribution in [0.2, 0.25) is 0 Å². The Labute approximate surface area is 113 Å². The molecular formula is C13H18N2O3S. The summed E-state index contributed by atoms with van der Waals surface area (Å²) in [7, 11) is -3.37. The molecule has 0 aliphatic heterocycles. The highest BCUT2D eigenvalue weighted by Crippen LogP contribution is 2.33. The fourth-order valence-corrected chi connectivity index (χ4v) is 2.79. The third-order valence-electron chi connectivity index (χ3n) is 3.38. The summed E-state index contributed by atoms with van der Waals surface area (Å²) < 4.78 is 23.0. The standard InChI is InChI=1S/C13H18N2O3S/c1-3-8-6-12(8)15-13(16)9-4-10(14)7-11(5-9)19(2,17)18/h4-5,7-8,12H,3,6,14H2,1-2H3,(H,15,16). The van der Waals surface area contributed by atoms with Gasteiger partial charge in [-0.05, 0) is 30.5 Å². The number of nitrogens with two attached hydrogens (primary N) is 1. The molecule has 3 N–H and O–H groups in total. The van der Waals surface area contributed by atoms with Crippen molar-refractivity contribution in [1.29, 1.82) is 0 Å². The Balaban J connectivity index is 2.20. The van der Waals surface area contributed by atoms with Crippen molar-refractivity contribution in [3.63, 3.8) is 0 Å². The molecule has 2 rings (SSSR count). The number of amides is 1. The number of rotatable bonds is 4. The molecule has 5 nitrogen and oxygen atoms in total. The van der Waals surface area contributed by atoms with E-state index in [1.165, 1.54) is 18.2 Å². The number of hydrogen-bond acceptors (Lipinski definition) is 4. The fourth-order valence-electron chi connectivity index (χ4n) is 2.09. The first-order valence-electron chi connectivity index (χ1n) is 6.22. The van der Waals surface area contributed by atoms with Crippen LogP contribution in [-0.2, 0) is 9.84 Å². The molecule has 0 heterocycles. The zero-order chi connectivity index (χ0) is 14.2. The van der Waals surface area contributed by atoms with Gasteiger partial charge < -0.3 is 11.1 Å². The Kier molecular flexibility index (Phi) is 3.54. The van der Waals surface area contributed by atoms with Crippen LogP contribution in [0.5, 0.6) is 0 Å². The van der Waals surface area contributed by atoms with Crippen LogP contribution in [0.4, 0.5) is 5.69 Å². The van der Waals surface area contributed by atoms with Crippen molar-refractivity contribution in [1.82, 2.24) is 5.32 Å². The van der Waals surface area contributed by atoms with Crippen LogP contribution in [-0.4, -0.2) is 26.6 Å². The Morgan fingerprint density at radius 1 is 1.42 bits per heavy atom. The minimum atomic E-state index is -3.37. The van der Waals surface area contributed by atoms with Crippen molar-refractivity contribution >= 4 is 21.4 Å². The van der Waals surface area contributed by atoms with Gasteiger partial charge in [-0.2, -0.15) is 0 Å². The fraction of sp³-hybridized carbons (Fsp3) is 0.462. The molecule has 1 saturated carbocycles. The van der Waals surface area contributed by atoms with E-state index in [9.17, 15) is 13.2 Å². The first-order valence-corrected chi connectivity index (χ1v) is 8.12. The third-order valence-corrected chi connectivity index (χ3v) is 4.47. The van der Waals surface area contributed by atoms with Crippen LogP contribution in [0, 0.1) is 5.92 Å². The van der Waals surface area contributed by atoms with Crippen molar-refractivity contribution in [3.8, 4) is 0 Å². The van der Waals surface area contributed by atoms with Gasteiger partial charge in [-0.25, -0.2) is 8.42 Å². The average molecular weight is 282 g/mol. The summed E-state index contributed by atoms with van der Waals surface area (Å²) in [5, 5.41) is 2.89. The van der Waals surface area contributed by atoms with Gasteiger partial charge >= 0.3 is 0 Å². The van der Waals surface area contributed by atoms with Crippen molar-refractivity contribution < 1.29 is 13.2 Å². The molecule has 1 fully saturated rings. The molecule has 0 radical (unpaired) electrons. The Morgan fingerprint density at radius 2 is 2.11 bits per heavy atom. The maximum Gasteiger partial charge on any atom is 0.251 e. The molecule has 0 spiro atoms. The quantitative estimate of drug-likeness (QED) is 0.812. The van der Waals surface area contributed by atoms with Crippen molar-refractivity contribution in [2.45, 2.75) is 30.7 Å². The summed E-state index contributed by atoms with van der Waals surface area (Å²) in [6, 6.07) is 4.43. The number of benzene rings is 1. The van der Waals surface area contributed by atoms with Crippen LogP contribution < -0.4 is 11.1 Å². The van der Waals surface area contributed by atoms with Crippen LogP contribution in [0.15, 0.2) is 23.1 Å². The van der Waals surface area contributed by atoms with Gasteiger partial charge in [0.25, 0.3) is 5.91 Å². The average Bonchev–Trinajstić information content (AvgIpc) is 3.05. The maximum absolute atomic E-state index is 12.0. The normalized spacial score (nSPS) is 22.0. The van der Waals surface area contributed by atoms with Gasteiger partial charge in [0.2, 0.25) is 0 Å². The molecule has 2 atom stereocenters. The van der Waals surface area contributed by atoms with E-state index in [1.54, 1.807) is 0 Å². The minimum Gasteiger partial charge on any atom is -0.399 e. The zero-order valence-corrected chi connectivity index (χ0v) is 11.8. The molecule has 6 heteroatoms. The van der Waals surface area contributed by atoms with E-state index in [4.69, 9.17) is 5.73 Å². The molecule has 2 unspecified atom stereocenters. The van der Waals surface area contributed by atoms with Gasteiger partial charge in [0.15, 0.2) is 9.84 Å². The van der Waals surface area contributed by atoms with Crippen molar-refractivity contribution in [3.05, 3.63) is 23.8 Å². The number of nitrogens with one attached hydrogen (secondary N) is 1. The molecule has 0 aromatic heterocycles. The molecule has 19 heavy (non-hydrogen) atoms. The third kappa shape index (κ3) is 3.26. The summed E-state index contributed by atoms with van der Waals surface area (Å²) in [6.07, 6.45) is 3.12. The van der Waals surface area contributed by atoms with E-state index in [1.807, 2.05) is 0 Å². The SMILES string of the molecule is CCC1CC1NC(=O)c1cc(N)cc(S(C)(=O)=O)c1. The second kappa shape index (κ2) is 4.85. The molecule has 0 bridgehead atoms. The van der Waals surface area contributed by atoms with E-state index in [2.05, 4.69) is 12.2 Å². The highest BCUT2D eigenvalue weighted by Gasteiger charge is 2.36. The van der Waals surface area contributed by atoms with Gasteiger partial charge in [0.1, 0.15) is 0 Å². The van der Waals surface area contributed by atoms with E-state index in [0.29, 0.717) is 11.5 Å². The molecule has 0 saturated heterocycles. The number of anilines is 1. The zero-order valence-electron chi connectivity index (χ0n) is 11.0. The van der Waals surface area contributed by atoms with E-state index in [-0.39, 0.29) is 22.5 Å². The summed E-state index contributed by atoms with van der Waals surface area (Å²) >= 11 is 0. The lowest BCUT2D eigenvalue weighted by Crippen LogP contribution is -2.27. The molecule has 1 aromatic rings. The number of sulfone groups is 1. The smallest absolute Gasteiger partial charge is 0.251 e. The first kappa shape index (κ1) is 13.9. The number of hydrogen-bond donors (Lipinski definition) is 2. The topological polar surface area (TPSA) is 89.3 Å². The van der Waals surface area contributed by atoms with Gasteiger partial charge in [0.05, 0.1) is 4.90 Å². The molecular weight excluding hydrogens is 264 g/mol. The first-order chi connectivity index (χ1) is 8.81. The predicted molar refractivity (Wildman–Crippen MR) is 73.6 cm³/mol. The molecule has 1 amide bonds. The lowest BCUT2D eigenvalue weighted by Gasteiger charge is -2.07. The monoisotopic (exact) mass is 282 g/mol. The number of nitrogen functional groups attached to an aromatic ring is 1. The molecule has 1 aliphatic carbocycles. The van der Waals surface area contributed by atoms with Crippen molar-refractivity contribution in [2.75, 3.05) is 12.0 Å². The highest BCUT2D eigenvalue weighted by atomic mass is 32.2. The number of carbonyl (C=O) groups is 1. The van der Waals surface area contributed by atoms with E-state index >= 15 is 0 Å². The van der Waals surface area contributed by atoms with Gasteiger partial charge in [-0.1, -0.05) is 13.3 Å². The predicted octanol–water partition coefficient (Wildman–Crippen LogP) is 1.20. The summed E-state index contributed by atoms with van der Waals surface area (Å²) in [5.74, 6) is 0.275. The van der Waals surface area contributed by atoms with Gasteiger partial charge in [-0.3, -0.25) is 4.79 Å². The Morgan fingerprint density at radius 3 is 2.63 bits per heavy atom. The lowest BCUT2D eigenvalue weighted by molar-refractivity contribution is 0.0949. The highest BCUT2D eigenvalue weighted by molar-refractivity contribution is 7.90. The minimum absolute atomic E-state index is 0.0699. The van der Waals surface area contributed by atoms with Crippen LogP contribution in [0.1, 0.15) is 30.1 Å². The second-order valence-corrected chi connectivity index (χ2v) is 7.06. The van der Waals surface area contributed by atoms with Crippen LogP contribution >= 0.6 is 0 Å². The maximum atomic E-state index is 12.0. The Bertz CT molecular complexity index is 610. The molecule has 104 valence electrons. The Hall–Kier alpha value is -1.56. The van der Waals surface area contributed by atoms with Crippen LogP contribution in [0.3, 0.4) is 0 Å².